The Labute approximate surface area is 180 Å². The lowest BCUT2D eigenvalue weighted by atomic mass is 9.94. The van der Waals surface area contributed by atoms with Crippen LogP contribution in [0.3, 0.4) is 0 Å². The van der Waals surface area contributed by atoms with Crippen molar-refractivity contribution in [2.24, 2.45) is 0 Å². The number of para-hydroxylation sites is 1. The van der Waals surface area contributed by atoms with Crippen molar-refractivity contribution in [3.05, 3.63) is 65.2 Å². The average molecular weight is 423 g/mol. The number of benzene rings is 2. The van der Waals surface area contributed by atoms with Crippen molar-refractivity contribution < 1.29 is 28.9 Å². The molecule has 0 bridgehead atoms. The molecule has 7 heteroatoms. The Balaban J connectivity index is 1.84. The molecule has 162 valence electrons. The molecule has 2 fully saturated rings. The van der Waals surface area contributed by atoms with E-state index in [0.717, 1.165) is 12.8 Å². The number of amides is 1. The van der Waals surface area contributed by atoms with Gasteiger partial charge in [-0.05, 0) is 43.2 Å². The van der Waals surface area contributed by atoms with Gasteiger partial charge in [0.2, 0.25) is 0 Å². The highest BCUT2D eigenvalue weighted by Gasteiger charge is 2.47. The predicted molar refractivity (Wildman–Crippen MR) is 114 cm³/mol. The minimum atomic E-state index is -0.776. The van der Waals surface area contributed by atoms with Crippen LogP contribution in [0.25, 0.3) is 5.76 Å². The summed E-state index contributed by atoms with van der Waals surface area (Å²) in [5.41, 5.74) is 1.10. The summed E-state index contributed by atoms with van der Waals surface area (Å²) in [5, 5.41) is 11.1. The molecule has 31 heavy (non-hydrogen) atoms. The fourth-order valence-electron chi connectivity index (χ4n) is 4.20. The number of ketones is 1. The van der Waals surface area contributed by atoms with Crippen LogP contribution >= 0.6 is 0 Å². The van der Waals surface area contributed by atoms with E-state index in [1.165, 1.54) is 12.0 Å². The van der Waals surface area contributed by atoms with Gasteiger partial charge in [-0.1, -0.05) is 18.2 Å². The number of aliphatic hydroxyl groups excluding tert-OH is 1. The van der Waals surface area contributed by atoms with Crippen LogP contribution in [0.15, 0.2) is 54.1 Å². The minimum absolute atomic E-state index is 0.0395. The molecular weight excluding hydrogens is 398 g/mol. The first-order valence-corrected chi connectivity index (χ1v) is 10.2. The number of aliphatic hydroxyl groups is 1. The highest BCUT2D eigenvalue weighted by molar-refractivity contribution is 6.46. The topological polar surface area (TPSA) is 85.3 Å². The second-order valence-electron chi connectivity index (χ2n) is 7.56. The third-order valence-corrected chi connectivity index (χ3v) is 5.76. The van der Waals surface area contributed by atoms with Crippen molar-refractivity contribution >= 4 is 17.4 Å². The normalized spacial score (nSPS) is 22.7. The van der Waals surface area contributed by atoms with Crippen molar-refractivity contribution in [1.29, 1.82) is 0 Å². The highest BCUT2D eigenvalue weighted by atomic mass is 16.5. The number of likely N-dealkylation sites (tertiary alicyclic amines) is 1. The molecule has 2 unspecified atom stereocenters. The predicted octanol–water partition coefficient (Wildman–Crippen LogP) is 3.30. The van der Waals surface area contributed by atoms with Crippen LogP contribution in [0, 0.1) is 0 Å². The molecule has 1 amide bonds. The van der Waals surface area contributed by atoms with Crippen LogP contribution < -0.4 is 9.47 Å². The summed E-state index contributed by atoms with van der Waals surface area (Å²) in [6, 6.07) is 13.1. The maximum atomic E-state index is 13.1. The maximum Gasteiger partial charge on any atom is 0.295 e. The lowest BCUT2D eigenvalue weighted by molar-refractivity contribution is -0.140. The second-order valence-corrected chi connectivity index (χ2v) is 7.56. The molecule has 2 aliphatic rings. The zero-order valence-electron chi connectivity index (χ0n) is 17.5. The van der Waals surface area contributed by atoms with Gasteiger partial charge in [-0.15, -0.1) is 0 Å². The van der Waals surface area contributed by atoms with E-state index in [-0.39, 0.29) is 24.0 Å². The largest absolute Gasteiger partial charge is 0.507 e. The number of carbonyl (C=O) groups excluding carboxylic acids is 2. The van der Waals surface area contributed by atoms with Gasteiger partial charge in [-0.25, -0.2) is 0 Å². The van der Waals surface area contributed by atoms with Crippen LogP contribution in [-0.2, 0) is 14.3 Å². The fraction of sp³-hybridized carbons (Fsp3) is 0.333. The standard InChI is InChI=1S/C24H25NO6/c1-29-16-11-9-15(10-12-16)22(26)20-21(18-7-3-4-8-19(18)30-2)25(24(28)23(20)27)14-17-6-5-13-31-17/h3-4,7-12,17,21,26H,5-6,13-14H2,1-2H3/b22-20-. The number of rotatable bonds is 6. The van der Waals surface area contributed by atoms with Crippen LogP contribution in [0.2, 0.25) is 0 Å². The monoisotopic (exact) mass is 423 g/mol. The summed E-state index contributed by atoms with van der Waals surface area (Å²) in [6.07, 6.45) is 1.59. The molecule has 4 rings (SSSR count). The molecule has 0 aromatic heterocycles. The Morgan fingerprint density at radius 2 is 1.84 bits per heavy atom. The van der Waals surface area contributed by atoms with Crippen molar-refractivity contribution in [2.75, 3.05) is 27.4 Å². The minimum Gasteiger partial charge on any atom is -0.507 e. The molecule has 2 saturated heterocycles. The maximum absolute atomic E-state index is 13.1. The van der Waals surface area contributed by atoms with E-state index in [1.54, 1.807) is 43.5 Å². The smallest absolute Gasteiger partial charge is 0.295 e. The summed E-state index contributed by atoms with van der Waals surface area (Å²) >= 11 is 0. The van der Waals surface area contributed by atoms with Gasteiger partial charge in [0, 0.05) is 24.3 Å². The number of carbonyl (C=O) groups is 2. The molecule has 2 heterocycles. The van der Waals surface area contributed by atoms with Crippen LogP contribution in [-0.4, -0.2) is 55.2 Å². The quantitative estimate of drug-likeness (QED) is 0.436. The summed E-state index contributed by atoms with van der Waals surface area (Å²) in [6.45, 7) is 0.909. The van der Waals surface area contributed by atoms with E-state index in [0.29, 0.717) is 29.2 Å². The first-order chi connectivity index (χ1) is 15.0. The first-order valence-electron chi connectivity index (χ1n) is 10.2. The average Bonchev–Trinajstić information content (AvgIpc) is 3.41. The SMILES string of the molecule is COc1ccc(/C(O)=C2/C(=O)C(=O)N(CC3CCCO3)C2c2ccccc2OC)cc1. The van der Waals surface area contributed by atoms with Crippen molar-refractivity contribution in [3.8, 4) is 11.5 Å². The van der Waals surface area contributed by atoms with Crippen LogP contribution in [0.5, 0.6) is 11.5 Å². The molecule has 0 spiro atoms. The highest BCUT2D eigenvalue weighted by Crippen LogP contribution is 2.43. The van der Waals surface area contributed by atoms with Gasteiger partial charge < -0.3 is 24.2 Å². The van der Waals surface area contributed by atoms with Crippen molar-refractivity contribution in [1.82, 2.24) is 4.90 Å². The van der Waals surface area contributed by atoms with Crippen molar-refractivity contribution in [3.63, 3.8) is 0 Å². The third-order valence-electron chi connectivity index (χ3n) is 5.76. The number of hydrogen-bond acceptors (Lipinski definition) is 6. The summed E-state index contributed by atoms with van der Waals surface area (Å²) in [7, 11) is 3.09. The van der Waals surface area contributed by atoms with E-state index < -0.39 is 17.7 Å². The Kier molecular flexibility index (Phi) is 5.95. The summed E-state index contributed by atoms with van der Waals surface area (Å²) in [4.78, 5) is 27.6. The molecule has 2 atom stereocenters. The summed E-state index contributed by atoms with van der Waals surface area (Å²) < 4.78 is 16.4. The van der Waals surface area contributed by atoms with Gasteiger partial charge in [-0.2, -0.15) is 0 Å². The zero-order chi connectivity index (χ0) is 22.0. The Hall–Kier alpha value is -3.32. The molecular formula is C24H25NO6. The van der Waals surface area contributed by atoms with Crippen molar-refractivity contribution in [2.45, 2.75) is 25.0 Å². The van der Waals surface area contributed by atoms with Gasteiger partial charge in [-0.3, -0.25) is 9.59 Å². The fourth-order valence-corrected chi connectivity index (χ4v) is 4.20. The Bertz CT molecular complexity index is 1010. The van der Waals surface area contributed by atoms with E-state index in [9.17, 15) is 14.7 Å². The molecule has 1 N–H and O–H groups in total. The molecule has 7 nitrogen and oxygen atoms in total. The number of Topliss-reactive ketones (excluding diaryl/α,β-unsaturated/α-hetero) is 1. The molecule has 0 aliphatic carbocycles. The third kappa shape index (κ3) is 3.88. The van der Waals surface area contributed by atoms with Gasteiger partial charge in [0.05, 0.1) is 31.9 Å². The Morgan fingerprint density at radius 3 is 2.48 bits per heavy atom. The summed E-state index contributed by atoms with van der Waals surface area (Å²) in [5.74, 6) is -0.445. The van der Waals surface area contributed by atoms with Crippen LogP contribution in [0.4, 0.5) is 0 Å². The zero-order valence-corrected chi connectivity index (χ0v) is 17.5. The molecule has 2 aromatic rings. The van der Waals surface area contributed by atoms with Gasteiger partial charge in [0.15, 0.2) is 0 Å². The van der Waals surface area contributed by atoms with Gasteiger partial charge >= 0.3 is 0 Å². The first kappa shape index (κ1) is 20.9. The molecule has 2 aliphatic heterocycles. The lowest BCUT2D eigenvalue weighted by Crippen LogP contribution is -2.36. The van der Waals surface area contributed by atoms with E-state index in [1.807, 2.05) is 12.1 Å². The number of methoxy groups -OCH3 is 2. The van der Waals surface area contributed by atoms with Gasteiger partial charge in [0.1, 0.15) is 17.3 Å². The molecule has 2 aromatic carbocycles. The van der Waals surface area contributed by atoms with E-state index >= 15 is 0 Å². The molecule has 0 saturated carbocycles. The number of hydrogen-bond donors (Lipinski definition) is 1. The van der Waals surface area contributed by atoms with Crippen LogP contribution in [0.1, 0.15) is 30.0 Å². The number of nitrogens with zero attached hydrogens (tertiary/aromatic N) is 1. The Morgan fingerprint density at radius 1 is 1.10 bits per heavy atom. The van der Waals surface area contributed by atoms with Gasteiger partial charge in [0.25, 0.3) is 11.7 Å². The second kappa shape index (κ2) is 8.81. The van der Waals surface area contributed by atoms with E-state index in [4.69, 9.17) is 14.2 Å². The lowest BCUT2D eigenvalue weighted by Gasteiger charge is -2.28. The van der Waals surface area contributed by atoms with E-state index in [2.05, 4.69) is 0 Å². The number of ether oxygens (including phenoxy) is 3. The molecule has 0 radical (unpaired) electrons.